The Morgan fingerprint density at radius 2 is 1.86 bits per heavy atom. The summed E-state index contributed by atoms with van der Waals surface area (Å²) in [5, 5.41) is 10.3. The van der Waals surface area contributed by atoms with Gasteiger partial charge in [0.1, 0.15) is 0 Å². The van der Waals surface area contributed by atoms with Crippen molar-refractivity contribution >= 4 is 0 Å². The molecule has 0 aliphatic rings. The molecule has 2 heteroatoms. The molecular formula is C12H25O2. The highest BCUT2D eigenvalue weighted by molar-refractivity contribution is 4.52. The van der Waals surface area contributed by atoms with Gasteiger partial charge in [-0.3, -0.25) is 0 Å². The maximum atomic E-state index is 10.3. The van der Waals surface area contributed by atoms with Crippen molar-refractivity contribution in [1.82, 2.24) is 0 Å². The van der Waals surface area contributed by atoms with Gasteiger partial charge in [-0.15, -0.1) is 0 Å². The zero-order chi connectivity index (χ0) is 10.8. The van der Waals surface area contributed by atoms with Crippen LogP contribution in [0.25, 0.3) is 0 Å². The molecular weight excluding hydrogens is 176 g/mol. The van der Waals surface area contributed by atoms with Crippen LogP contribution in [0.4, 0.5) is 0 Å². The highest BCUT2D eigenvalue weighted by atomic mass is 16.5. The summed E-state index contributed by atoms with van der Waals surface area (Å²) < 4.78 is 5.56. The van der Waals surface area contributed by atoms with Gasteiger partial charge in [0.05, 0.1) is 6.61 Å². The third kappa shape index (κ3) is 8.52. The molecule has 1 radical (unpaired) electrons. The molecule has 85 valence electrons. The second kappa shape index (κ2) is 9.47. The van der Waals surface area contributed by atoms with Crippen molar-refractivity contribution in [3.8, 4) is 0 Å². The minimum atomic E-state index is 0.0528. The van der Waals surface area contributed by atoms with Crippen LogP contribution in [-0.2, 0) is 9.84 Å². The molecule has 0 aliphatic carbocycles. The molecule has 0 saturated carbocycles. The maximum absolute atomic E-state index is 10.3. The molecule has 0 aliphatic heterocycles. The van der Waals surface area contributed by atoms with Gasteiger partial charge in [-0.25, -0.2) is 5.11 Å². The molecule has 0 spiro atoms. The molecule has 0 saturated heterocycles. The summed E-state index contributed by atoms with van der Waals surface area (Å²) in [6.45, 7) is 8.36. The molecule has 0 fully saturated rings. The van der Waals surface area contributed by atoms with E-state index in [-0.39, 0.29) is 6.61 Å². The van der Waals surface area contributed by atoms with E-state index in [0.29, 0.717) is 5.92 Å². The van der Waals surface area contributed by atoms with E-state index in [2.05, 4.69) is 20.8 Å². The van der Waals surface area contributed by atoms with Gasteiger partial charge in [-0.2, -0.15) is 0 Å². The summed E-state index contributed by atoms with van der Waals surface area (Å²) in [6.07, 6.45) is 4.18. The highest BCUT2D eigenvalue weighted by Gasteiger charge is 2.03. The number of hydrogen-bond donors (Lipinski definition) is 0. The number of rotatable bonds is 9. The summed E-state index contributed by atoms with van der Waals surface area (Å²) in [5.74, 6) is 1.31. The monoisotopic (exact) mass is 201 g/mol. The second-order valence-electron chi connectivity index (χ2n) is 4.33. The van der Waals surface area contributed by atoms with Crippen molar-refractivity contribution < 1.29 is 9.84 Å². The molecule has 2 unspecified atom stereocenters. The smallest absolute Gasteiger partial charge is 0.0822 e. The second-order valence-corrected chi connectivity index (χ2v) is 4.33. The topological polar surface area (TPSA) is 29.1 Å². The molecule has 14 heavy (non-hydrogen) atoms. The normalized spacial score (nSPS) is 15.4. The van der Waals surface area contributed by atoms with Gasteiger partial charge in [0.25, 0.3) is 0 Å². The lowest BCUT2D eigenvalue weighted by Gasteiger charge is -2.12. The molecule has 0 aromatic carbocycles. The lowest BCUT2D eigenvalue weighted by Crippen LogP contribution is -2.09. The van der Waals surface area contributed by atoms with Crippen LogP contribution >= 0.6 is 0 Å². The summed E-state index contributed by atoms with van der Waals surface area (Å²) in [5.41, 5.74) is 0. The van der Waals surface area contributed by atoms with Crippen molar-refractivity contribution in [3.63, 3.8) is 0 Å². The first-order valence-corrected chi connectivity index (χ1v) is 5.86. The molecule has 0 bridgehead atoms. The molecule has 2 atom stereocenters. The maximum Gasteiger partial charge on any atom is 0.0822 e. The first-order valence-electron chi connectivity index (χ1n) is 5.86. The Kier molecular flexibility index (Phi) is 9.42. The average molecular weight is 201 g/mol. The predicted molar refractivity (Wildman–Crippen MR) is 58.8 cm³/mol. The lowest BCUT2D eigenvalue weighted by molar-refractivity contribution is 0.0869. The third-order valence-corrected chi connectivity index (χ3v) is 2.70. The Morgan fingerprint density at radius 1 is 1.14 bits per heavy atom. The van der Waals surface area contributed by atoms with Gasteiger partial charge in [0.2, 0.25) is 0 Å². The van der Waals surface area contributed by atoms with E-state index in [1.54, 1.807) is 0 Å². The molecule has 2 nitrogen and oxygen atoms in total. The van der Waals surface area contributed by atoms with E-state index in [1.807, 2.05) is 0 Å². The van der Waals surface area contributed by atoms with Gasteiger partial charge < -0.3 is 4.74 Å². The van der Waals surface area contributed by atoms with Crippen LogP contribution in [0.2, 0.25) is 0 Å². The van der Waals surface area contributed by atoms with Crippen LogP contribution in [0, 0.1) is 11.8 Å². The Hall–Kier alpha value is -0.0800. The first kappa shape index (κ1) is 13.9. The minimum absolute atomic E-state index is 0.0528. The van der Waals surface area contributed by atoms with Gasteiger partial charge in [0, 0.05) is 13.2 Å². The van der Waals surface area contributed by atoms with Gasteiger partial charge in [0.15, 0.2) is 0 Å². The summed E-state index contributed by atoms with van der Waals surface area (Å²) in [6, 6.07) is 0. The molecule has 0 amide bonds. The summed E-state index contributed by atoms with van der Waals surface area (Å²) in [7, 11) is 0. The van der Waals surface area contributed by atoms with Crippen molar-refractivity contribution in [2.75, 3.05) is 19.8 Å². The van der Waals surface area contributed by atoms with Crippen LogP contribution in [-0.4, -0.2) is 19.8 Å². The molecule has 0 aromatic heterocycles. The first-order chi connectivity index (χ1) is 6.70. The van der Waals surface area contributed by atoms with Crippen molar-refractivity contribution in [3.05, 3.63) is 0 Å². The highest BCUT2D eigenvalue weighted by Crippen LogP contribution is 2.08. The molecule has 0 aromatic rings. The SMILES string of the molecule is CCC(C)CCOCC(C)CCC[O]. The average Bonchev–Trinajstić information content (AvgIpc) is 2.21. The fraction of sp³-hybridized carbons (Fsp3) is 1.00. The zero-order valence-electron chi connectivity index (χ0n) is 9.92. The quantitative estimate of drug-likeness (QED) is 0.526. The van der Waals surface area contributed by atoms with Gasteiger partial charge in [-0.05, 0) is 31.1 Å². The largest absolute Gasteiger partial charge is 0.381 e. The molecule has 0 rings (SSSR count). The minimum Gasteiger partial charge on any atom is -0.381 e. The van der Waals surface area contributed by atoms with Crippen LogP contribution in [0.15, 0.2) is 0 Å². The third-order valence-electron chi connectivity index (χ3n) is 2.70. The van der Waals surface area contributed by atoms with E-state index in [1.165, 1.54) is 6.42 Å². The predicted octanol–water partition coefficient (Wildman–Crippen LogP) is 3.29. The van der Waals surface area contributed by atoms with E-state index < -0.39 is 0 Å². The van der Waals surface area contributed by atoms with Crippen molar-refractivity contribution in [1.29, 1.82) is 0 Å². The van der Waals surface area contributed by atoms with E-state index in [4.69, 9.17) is 4.74 Å². The van der Waals surface area contributed by atoms with Crippen LogP contribution in [0.3, 0.4) is 0 Å². The molecule has 0 heterocycles. The van der Waals surface area contributed by atoms with Gasteiger partial charge >= 0.3 is 0 Å². The van der Waals surface area contributed by atoms with E-state index in [9.17, 15) is 5.11 Å². The molecule has 0 N–H and O–H groups in total. The Bertz CT molecular complexity index is 115. The fourth-order valence-electron chi connectivity index (χ4n) is 1.29. The number of hydrogen-bond acceptors (Lipinski definition) is 1. The zero-order valence-corrected chi connectivity index (χ0v) is 9.92. The summed E-state index contributed by atoms with van der Waals surface area (Å²) in [4.78, 5) is 0. The Morgan fingerprint density at radius 3 is 2.43 bits per heavy atom. The van der Waals surface area contributed by atoms with Crippen LogP contribution < -0.4 is 0 Å². The number of ether oxygens (including phenoxy) is 1. The van der Waals surface area contributed by atoms with E-state index in [0.717, 1.165) is 38.4 Å². The van der Waals surface area contributed by atoms with Crippen LogP contribution in [0.1, 0.15) is 46.5 Å². The van der Waals surface area contributed by atoms with Crippen LogP contribution in [0.5, 0.6) is 0 Å². The Balaban J connectivity index is 3.18. The lowest BCUT2D eigenvalue weighted by atomic mass is 10.1. The van der Waals surface area contributed by atoms with Crippen molar-refractivity contribution in [2.24, 2.45) is 11.8 Å². The van der Waals surface area contributed by atoms with Gasteiger partial charge in [-0.1, -0.05) is 27.2 Å². The summed E-state index contributed by atoms with van der Waals surface area (Å²) >= 11 is 0. The van der Waals surface area contributed by atoms with Crippen molar-refractivity contribution in [2.45, 2.75) is 46.5 Å². The van der Waals surface area contributed by atoms with E-state index >= 15 is 0 Å². The standard InChI is InChI=1S/C12H25O2/c1-4-11(2)7-9-14-10-12(3)6-5-8-13/h11-12H,4-10H2,1-3H3. The fourth-order valence-corrected chi connectivity index (χ4v) is 1.29. The Labute approximate surface area is 88.7 Å².